The quantitative estimate of drug-likeness (QED) is 0.840. The Morgan fingerprint density at radius 1 is 1.25 bits per heavy atom. The van der Waals surface area contributed by atoms with E-state index in [-0.39, 0.29) is 0 Å². The van der Waals surface area contributed by atoms with Gasteiger partial charge in [0, 0.05) is 25.0 Å². The molecule has 5 nitrogen and oxygen atoms in total. The summed E-state index contributed by atoms with van der Waals surface area (Å²) in [6.07, 6.45) is 3.76. The fourth-order valence-corrected chi connectivity index (χ4v) is 2.04. The minimum Gasteiger partial charge on any atom is -0.493 e. The molecule has 5 heteroatoms. The smallest absolute Gasteiger partial charge is 0.161 e. The van der Waals surface area contributed by atoms with E-state index < -0.39 is 0 Å². The summed E-state index contributed by atoms with van der Waals surface area (Å²) in [6.45, 7) is 3.77. The summed E-state index contributed by atoms with van der Waals surface area (Å²) < 4.78 is 12.5. The normalized spacial score (nSPS) is 12.2. The molecule has 0 saturated carbocycles. The van der Waals surface area contributed by atoms with Crippen molar-refractivity contribution in [3.8, 4) is 11.5 Å². The number of nitrogens with one attached hydrogen (secondary N) is 1. The van der Waals surface area contributed by atoms with E-state index in [0.29, 0.717) is 6.04 Å². The molecule has 1 atom stereocenters. The first-order valence-corrected chi connectivity index (χ1v) is 6.64. The Bertz CT molecular complexity index is 526. The SMILES string of the molecule is COc1ccc(CNC(C)Cn2cccn2)cc1OC. The predicted molar refractivity (Wildman–Crippen MR) is 78.1 cm³/mol. The van der Waals surface area contributed by atoms with Crippen LogP contribution in [-0.2, 0) is 13.1 Å². The Hall–Kier alpha value is -2.01. The highest BCUT2D eigenvalue weighted by Crippen LogP contribution is 2.27. The van der Waals surface area contributed by atoms with Crippen LogP contribution in [-0.4, -0.2) is 30.0 Å². The van der Waals surface area contributed by atoms with Crippen molar-refractivity contribution in [1.82, 2.24) is 15.1 Å². The molecule has 1 N–H and O–H groups in total. The van der Waals surface area contributed by atoms with Crippen LogP contribution in [0.15, 0.2) is 36.7 Å². The predicted octanol–water partition coefficient (Wildman–Crippen LogP) is 2.08. The van der Waals surface area contributed by atoms with Gasteiger partial charge in [-0.15, -0.1) is 0 Å². The van der Waals surface area contributed by atoms with Crippen LogP contribution in [0.3, 0.4) is 0 Å². The number of aromatic nitrogens is 2. The number of hydrogen-bond donors (Lipinski definition) is 1. The van der Waals surface area contributed by atoms with Crippen LogP contribution in [0.4, 0.5) is 0 Å². The third-order valence-corrected chi connectivity index (χ3v) is 3.12. The zero-order chi connectivity index (χ0) is 14.4. The summed E-state index contributed by atoms with van der Waals surface area (Å²) in [5, 5.41) is 7.67. The minimum absolute atomic E-state index is 0.336. The topological polar surface area (TPSA) is 48.3 Å². The van der Waals surface area contributed by atoms with Crippen LogP contribution in [0.25, 0.3) is 0 Å². The van der Waals surface area contributed by atoms with Gasteiger partial charge in [-0.2, -0.15) is 5.10 Å². The van der Waals surface area contributed by atoms with E-state index in [1.54, 1.807) is 20.4 Å². The van der Waals surface area contributed by atoms with E-state index in [0.717, 1.165) is 30.2 Å². The molecular formula is C15H21N3O2. The molecule has 0 spiro atoms. The van der Waals surface area contributed by atoms with Crippen molar-refractivity contribution in [2.45, 2.75) is 26.1 Å². The third-order valence-electron chi connectivity index (χ3n) is 3.12. The molecule has 1 aromatic heterocycles. The van der Waals surface area contributed by atoms with Gasteiger partial charge in [0.2, 0.25) is 0 Å². The highest BCUT2D eigenvalue weighted by molar-refractivity contribution is 5.42. The monoisotopic (exact) mass is 275 g/mol. The van der Waals surface area contributed by atoms with Gasteiger partial charge in [-0.05, 0) is 30.7 Å². The van der Waals surface area contributed by atoms with Crippen molar-refractivity contribution in [3.63, 3.8) is 0 Å². The second-order valence-electron chi connectivity index (χ2n) is 4.70. The summed E-state index contributed by atoms with van der Waals surface area (Å²) in [7, 11) is 3.29. The van der Waals surface area contributed by atoms with Crippen LogP contribution in [0.2, 0.25) is 0 Å². The molecule has 2 aromatic rings. The van der Waals surface area contributed by atoms with E-state index in [4.69, 9.17) is 9.47 Å². The first-order valence-electron chi connectivity index (χ1n) is 6.64. The molecule has 0 fully saturated rings. The van der Waals surface area contributed by atoms with Crippen molar-refractivity contribution in [1.29, 1.82) is 0 Å². The number of nitrogens with zero attached hydrogens (tertiary/aromatic N) is 2. The maximum atomic E-state index is 5.30. The molecule has 20 heavy (non-hydrogen) atoms. The molecule has 0 aliphatic rings. The lowest BCUT2D eigenvalue weighted by Crippen LogP contribution is -2.30. The Labute approximate surface area is 119 Å². The molecule has 0 aliphatic carbocycles. The van der Waals surface area contributed by atoms with Crippen LogP contribution in [0, 0.1) is 0 Å². The number of methoxy groups -OCH3 is 2. The lowest BCUT2D eigenvalue weighted by Gasteiger charge is -2.15. The largest absolute Gasteiger partial charge is 0.493 e. The van der Waals surface area contributed by atoms with Crippen molar-refractivity contribution in [2.24, 2.45) is 0 Å². The van der Waals surface area contributed by atoms with Crippen molar-refractivity contribution in [3.05, 3.63) is 42.2 Å². The third kappa shape index (κ3) is 3.74. The molecule has 0 saturated heterocycles. The average Bonchev–Trinajstić information content (AvgIpc) is 2.97. The summed E-state index contributed by atoms with van der Waals surface area (Å²) in [5.41, 5.74) is 1.16. The highest BCUT2D eigenvalue weighted by atomic mass is 16.5. The van der Waals surface area contributed by atoms with Crippen molar-refractivity contribution >= 4 is 0 Å². The molecular weight excluding hydrogens is 254 g/mol. The first-order chi connectivity index (χ1) is 9.72. The van der Waals surface area contributed by atoms with E-state index >= 15 is 0 Å². The zero-order valence-corrected chi connectivity index (χ0v) is 12.2. The van der Waals surface area contributed by atoms with Gasteiger partial charge in [0.1, 0.15) is 0 Å². The van der Waals surface area contributed by atoms with Gasteiger partial charge < -0.3 is 14.8 Å². The van der Waals surface area contributed by atoms with Crippen LogP contribution in [0.5, 0.6) is 11.5 Å². The Kier molecular flexibility index (Phi) is 5.01. The summed E-state index contributed by atoms with van der Waals surface area (Å²) in [5.74, 6) is 1.51. The molecule has 2 rings (SSSR count). The molecule has 0 amide bonds. The number of benzene rings is 1. The average molecular weight is 275 g/mol. The van der Waals surface area contributed by atoms with Gasteiger partial charge in [0.05, 0.1) is 20.8 Å². The second-order valence-corrected chi connectivity index (χ2v) is 4.70. The van der Waals surface area contributed by atoms with Crippen molar-refractivity contribution in [2.75, 3.05) is 14.2 Å². The van der Waals surface area contributed by atoms with Gasteiger partial charge in [-0.1, -0.05) is 6.07 Å². The van der Waals surface area contributed by atoms with E-state index in [1.807, 2.05) is 35.1 Å². The standard InChI is InChI=1S/C15H21N3O2/c1-12(11-18-8-4-7-17-18)16-10-13-5-6-14(19-2)15(9-13)20-3/h4-9,12,16H,10-11H2,1-3H3. The maximum absolute atomic E-state index is 5.30. The zero-order valence-electron chi connectivity index (χ0n) is 12.2. The molecule has 0 radical (unpaired) electrons. The van der Waals surface area contributed by atoms with Crippen LogP contribution in [0.1, 0.15) is 12.5 Å². The molecule has 0 aliphatic heterocycles. The van der Waals surface area contributed by atoms with Crippen LogP contribution >= 0.6 is 0 Å². The van der Waals surface area contributed by atoms with E-state index in [9.17, 15) is 0 Å². The Balaban J connectivity index is 1.90. The van der Waals surface area contributed by atoms with Crippen LogP contribution < -0.4 is 14.8 Å². The van der Waals surface area contributed by atoms with Gasteiger partial charge >= 0.3 is 0 Å². The number of hydrogen-bond acceptors (Lipinski definition) is 4. The van der Waals surface area contributed by atoms with Gasteiger partial charge in [-0.25, -0.2) is 0 Å². The van der Waals surface area contributed by atoms with Gasteiger partial charge in [-0.3, -0.25) is 4.68 Å². The molecule has 108 valence electrons. The lowest BCUT2D eigenvalue weighted by molar-refractivity contribution is 0.354. The molecule has 1 heterocycles. The van der Waals surface area contributed by atoms with E-state index in [2.05, 4.69) is 17.3 Å². The number of ether oxygens (including phenoxy) is 2. The molecule has 0 bridgehead atoms. The van der Waals surface area contributed by atoms with E-state index in [1.165, 1.54) is 0 Å². The summed E-state index contributed by atoms with van der Waals surface area (Å²) in [6, 6.07) is 8.22. The second kappa shape index (κ2) is 6.96. The summed E-state index contributed by atoms with van der Waals surface area (Å²) in [4.78, 5) is 0. The number of rotatable bonds is 7. The first kappa shape index (κ1) is 14.4. The molecule has 1 aromatic carbocycles. The summed E-state index contributed by atoms with van der Waals surface area (Å²) >= 11 is 0. The van der Waals surface area contributed by atoms with Crippen molar-refractivity contribution < 1.29 is 9.47 Å². The Morgan fingerprint density at radius 3 is 2.70 bits per heavy atom. The fourth-order valence-electron chi connectivity index (χ4n) is 2.04. The lowest BCUT2D eigenvalue weighted by atomic mass is 10.2. The fraction of sp³-hybridized carbons (Fsp3) is 0.400. The highest BCUT2D eigenvalue weighted by Gasteiger charge is 2.06. The maximum Gasteiger partial charge on any atom is 0.161 e. The minimum atomic E-state index is 0.336. The Morgan fingerprint density at radius 2 is 2.05 bits per heavy atom. The van der Waals surface area contributed by atoms with Gasteiger partial charge in [0.25, 0.3) is 0 Å². The molecule has 1 unspecified atom stereocenters. The van der Waals surface area contributed by atoms with Gasteiger partial charge in [0.15, 0.2) is 11.5 Å².